The second kappa shape index (κ2) is 8.83. The molecule has 3 N–H and O–H groups in total. The number of aliphatic hydroxyl groups is 2. The average molecular weight is 443 g/mol. The summed E-state index contributed by atoms with van der Waals surface area (Å²) in [4.78, 5) is 10.6. The molecule has 4 atom stereocenters. The number of aliphatic hydroxyl groups excluding tert-OH is 2. The van der Waals surface area contributed by atoms with Crippen molar-refractivity contribution in [3.05, 3.63) is 64.7 Å². The van der Waals surface area contributed by atoms with Crippen LogP contribution >= 0.6 is 0 Å². The van der Waals surface area contributed by atoms with Crippen molar-refractivity contribution in [2.45, 2.75) is 63.1 Å². The Balaban J connectivity index is 1.47. The zero-order valence-electron chi connectivity index (χ0n) is 18.4. The van der Waals surface area contributed by atoms with Gasteiger partial charge in [0.15, 0.2) is 5.79 Å². The first-order chi connectivity index (χ1) is 15.2. The van der Waals surface area contributed by atoms with Gasteiger partial charge in [-0.3, -0.25) is 4.79 Å². The number of carboxylic acids is 1. The Morgan fingerprint density at radius 2 is 1.94 bits per heavy atom. The molecule has 32 heavy (non-hydrogen) atoms. The van der Waals surface area contributed by atoms with Crippen LogP contribution in [0.4, 0.5) is 0 Å². The van der Waals surface area contributed by atoms with Crippen molar-refractivity contribution in [2.75, 3.05) is 13.2 Å². The van der Waals surface area contributed by atoms with E-state index in [0.717, 1.165) is 22.3 Å². The normalized spacial score (nSPS) is 29.1. The van der Waals surface area contributed by atoms with E-state index < -0.39 is 29.6 Å². The van der Waals surface area contributed by atoms with Gasteiger partial charge in [0, 0.05) is 18.4 Å². The Hall–Kier alpha value is -2.45. The number of carboxylic acid groups (broad SMARTS) is 1. The molecule has 0 aliphatic carbocycles. The SMILES string of the molecule is Cc1ccc([C@]23C[C@@H](O)[C@H](O)[C@](C)(CO2)O3)cc1Cc1ccc(OCCCC(=O)O)cc1. The van der Waals surface area contributed by atoms with Crippen LogP contribution in [0, 0.1) is 6.92 Å². The maximum absolute atomic E-state index is 10.6. The fourth-order valence-corrected chi connectivity index (χ4v) is 4.43. The van der Waals surface area contributed by atoms with Gasteiger partial charge in [0.2, 0.25) is 0 Å². The minimum atomic E-state index is -1.05. The highest BCUT2D eigenvalue weighted by atomic mass is 16.8. The Labute approximate surface area is 187 Å². The van der Waals surface area contributed by atoms with Gasteiger partial charge in [-0.2, -0.15) is 0 Å². The zero-order valence-corrected chi connectivity index (χ0v) is 18.4. The summed E-state index contributed by atoms with van der Waals surface area (Å²) in [6.07, 6.45) is -0.438. The third-order valence-electron chi connectivity index (χ3n) is 6.37. The fraction of sp³-hybridized carbons (Fsp3) is 0.480. The van der Waals surface area contributed by atoms with Crippen LogP contribution in [0.5, 0.6) is 5.75 Å². The van der Waals surface area contributed by atoms with E-state index in [0.29, 0.717) is 25.2 Å². The summed E-state index contributed by atoms with van der Waals surface area (Å²) < 4.78 is 17.8. The zero-order chi connectivity index (χ0) is 22.9. The van der Waals surface area contributed by atoms with E-state index >= 15 is 0 Å². The Morgan fingerprint density at radius 1 is 1.19 bits per heavy atom. The first kappa shape index (κ1) is 22.7. The monoisotopic (exact) mass is 442 g/mol. The Morgan fingerprint density at radius 3 is 2.66 bits per heavy atom. The fourth-order valence-electron chi connectivity index (χ4n) is 4.43. The molecule has 2 aromatic rings. The Bertz CT molecular complexity index is 973. The third kappa shape index (κ3) is 4.52. The summed E-state index contributed by atoms with van der Waals surface area (Å²) >= 11 is 0. The second-order valence-corrected chi connectivity index (χ2v) is 8.98. The standard InChI is InChI=1S/C25H30O7/c1-16-5-8-19(25-14-21(26)23(29)24(2,32-25)15-31-25)13-18(16)12-17-6-9-20(10-7-17)30-11-3-4-22(27)28/h5-10,13,21,23,26,29H,3-4,11-12,14-15H2,1-2H3,(H,27,28)/t21-,23+,24+,25-/m1/s1. The molecule has 0 amide bonds. The van der Waals surface area contributed by atoms with E-state index in [-0.39, 0.29) is 19.4 Å². The number of aryl methyl sites for hydroxylation is 1. The number of carbonyl (C=O) groups is 1. The number of rotatable bonds is 8. The van der Waals surface area contributed by atoms with Crippen LogP contribution in [-0.2, 0) is 26.5 Å². The van der Waals surface area contributed by atoms with Crippen molar-refractivity contribution >= 4 is 5.97 Å². The van der Waals surface area contributed by atoms with Crippen molar-refractivity contribution in [1.82, 2.24) is 0 Å². The molecule has 2 bridgehead atoms. The van der Waals surface area contributed by atoms with Crippen LogP contribution in [0.2, 0.25) is 0 Å². The van der Waals surface area contributed by atoms with Gasteiger partial charge in [-0.05, 0) is 61.6 Å². The molecule has 4 rings (SSSR count). The number of fused-ring (bicyclic) bond motifs is 2. The van der Waals surface area contributed by atoms with Crippen LogP contribution in [0.15, 0.2) is 42.5 Å². The highest BCUT2D eigenvalue weighted by molar-refractivity contribution is 5.66. The summed E-state index contributed by atoms with van der Waals surface area (Å²) in [5.41, 5.74) is 3.27. The van der Waals surface area contributed by atoms with Crippen LogP contribution in [0.25, 0.3) is 0 Å². The highest BCUT2D eigenvalue weighted by Crippen LogP contribution is 2.49. The van der Waals surface area contributed by atoms with Gasteiger partial charge in [-0.15, -0.1) is 0 Å². The molecule has 7 heteroatoms. The lowest BCUT2D eigenvalue weighted by molar-refractivity contribution is -0.271. The van der Waals surface area contributed by atoms with Gasteiger partial charge in [0.25, 0.3) is 0 Å². The number of hydrogen-bond donors (Lipinski definition) is 3. The van der Waals surface area contributed by atoms with E-state index in [9.17, 15) is 15.0 Å². The van der Waals surface area contributed by atoms with E-state index in [4.69, 9.17) is 19.3 Å². The van der Waals surface area contributed by atoms with Gasteiger partial charge in [-0.1, -0.05) is 24.3 Å². The smallest absolute Gasteiger partial charge is 0.303 e. The second-order valence-electron chi connectivity index (χ2n) is 8.98. The van der Waals surface area contributed by atoms with Crippen LogP contribution < -0.4 is 4.74 Å². The number of ether oxygens (including phenoxy) is 3. The lowest BCUT2D eigenvalue weighted by Gasteiger charge is -2.42. The van der Waals surface area contributed by atoms with Crippen molar-refractivity contribution in [3.63, 3.8) is 0 Å². The number of hydrogen-bond acceptors (Lipinski definition) is 6. The molecule has 2 aromatic carbocycles. The quantitative estimate of drug-likeness (QED) is 0.540. The summed E-state index contributed by atoms with van der Waals surface area (Å²) in [5.74, 6) is -1.16. The molecule has 2 heterocycles. The maximum atomic E-state index is 10.6. The van der Waals surface area contributed by atoms with Crippen molar-refractivity contribution < 1.29 is 34.3 Å². The van der Waals surface area contributed by atoms with Crippen molar-refractivity contribution in [1.29, 1.82) is 0 Å². The predicted molar refractivity (Wildman–Crippen MR) is 117 cm³/mol. The number of benzene rings is 2. The average Bonchev–Trinajstić information content (AvgIpc) is 3.07. The van der Waals surface area contributed by atoms with E-state index in [2.05, 4.69) is 13.0 Å². The van der Waals surface area contributed by atoms with E-state index in [1.807, 2.05) is 36.4 Å². The molecular weight excluding hydrogens is 412 g/mol. The molecule has 2 aliphatic rings. The molecule has 7 nitrogen and oxygen atoms in total. The molecule has 2 aliphatic heterocycles. The van der Waals surface area contributed by atoms with Crippen molar-refractivity contribution in [2.24, 2.45) is 0 Å². The first-order valence-corrected chi connectivity index (χ1v) is 10.9. The molecule has 0 spiro atoms. The lowest BCUT2D eigenvalue weighted by atomic mass is 9.86. The molecule has 0 unspecified atom stereocenters. The van der Waals surface area contributed by atoms with Crippen LogP contribution in [0.1, 0.15) is 48.4 Å². The molecule has 2 fully saturated rings. The minimum absolute atomic E-state index is 0.0950. The minimum Gasteiger partial charge on any atom is -0.494 e. The van der Waals surface area contributed by atoms with Gasteiger partial charge in [-0.25, -0.2) is 0 Å². The molecule has 0 radical (unpaired) electrons. The van der Waals surface area contributed by atoms with Crippen molar-refractivity contribution in [3.8, 4) is 5.75 Å². The molecule has 172 valence electrons. The van der Waals surface area contributed by atoms with Crippen LogP contribution in [-0.4, -0.2) is 52.3 Å². The topological polar surface area (TPSA) is 105 Å². The molecule has 0 aromatic heterocycles. The van der Waals surface area contributed by atoms with E-state index in [1.54, 1.807) is 6.92 Å². The summed E-state index contributed by atoms with van der Waals surface area (Å²) in [7, 11) is 0. The lowest BCUT2D eigenvalue weighted by Crippen LogP contribution is -2.55. The first-order valence-electron chi connectivity index (χ1n) is 10.9. The van der Waals surface area contributed by atoms with Gasteiger partial charge >= 0.3 is 5.97 Å². The summed E-state index contributed by atoms with van der Waals surface area (Å²) in [5, 5.41) is 29.4. The molecule has 0 saturated carbocycles. The Kier molecular flexibility index (Phi) is 6.27. The molecule has 2 saturated heterocycles. The largest absolute Gasteiger partial charge is 0.494 e. The maximum Gasteiger partial charge on any atom is 0.303 e. The van der Waals surface area contributed by atoms with Gasteiger partial charge in [0.05, 0.1) is 19.3 Å². The van der Waals surface area contributed by atoms with Crippen LogP contribution in [0.3, 0.4) is 0 Å². The number of aliphatic carboxylic acids is 1. The summed E-state index contributed by atoms with van der Waals surface area (Å²) in [6.45, 7) is 4.41. The van der Waals surface area contributed by atoms with Gasteiger partial charge < -0.3 is 29.5 Å². The van der Waals surface area contributed by atoms with E-state index in [1.165, 1.54) is 0 Å². The predicted octanol–water partition coefficient (Wildman–Crippen LogP) is 2.91. The summed E-state index contributed by atoms with van der Waals surface area (Å²) in [6, 6.07) is 13.8. The molecular formula is C25H30O7. The van der Waals surface area contributed by atoms with Gasteiger partial charge in [0.1, 0.15) is 17.5 Å². The highest BCUT2D eigenvalue weighted by Gasteiger charge is 2.60. The third-order valence-corrected chi connectivity index (χ3v) is 6.37.